The molecule has 1 heterocycles. The topological polar surface area (TPSA) is 111 Å². The van der Waals surface area contributed by atoms with Crippen LogP contribution in [0.1, 0.15) is 23.6 Å². The second-order valence-electron chi connectivity index (χ2n) is 7.34. The smallest absolute Gasteiger partial charge is 0.344 e. The average molecular weight is 531 g/mol. The third-order valence-corrected chi connectivity index (χ3v) is 5.77. The van der Waals surface area contributed by atoms with Gasteiger partial charge in [-0.25, -0.2) is 14.5 Å². The van der Waals surface area contributed by atoms with Crippen molar-refractivity contribution in [3.63, 3.8) is 0 Å². The fourth-order valence-corrected chi connectivity index (χ4v) is 3.62. The van der Waals surface area contributed by atoms with E-state index in [0.717, 1.165) is 16.0 Å². The molecule has 4 amide bonds. The number of urea groups is 1. The molecule has 0 radical (unpaired) electrons. The van der Waals surface area contributed by atoms with Gasteiger partial charge in [-0.15, -0.1) is 0 Å². The molecule has 10 heteroatoms. The molecule has 34 heavy (non-hydrogen) atoms. The Balaban J connectivity index is 1.96. The van der Waals surface area contributed by atoms with Crippen LogP contribution in [0.3, 0.4) is 0 Å². The Morgan fingerprint density at radius 1 is 1.09 bits per heavy atom. The van der Waals surface area contributed by atoms with Crippen LogP contribution in [-0.4, -0.2) is 44.1 Å². The first-order valence-corrected chi connectivity index (χ1v) is 11.1. The molecule has 1 fully saturated rings. The highest BCUT2D eigenvalue weighted by Crippen LogP contribution is 2.35. The molecule has 1 saturated heterocycles. The van der Waals surface area contributed by atoms with Crippen LogP contribution in [0, 0.1) is 13.8 Å². The summed E-state index contributed by atoms with van der Waals surface area (Å²) >= 11 is 3.38. The maximum absolute atomic E-state index is 13.2. The van der Waals surface area contributed by atoms with Gasteiger partial charge in [0.1, 0.15) is 5.57 Å². The lowest BCUT2D eigenvalue weighted by molar-refractivity contribution is -0.145. The number of rotatable bonds is 7. The van der Waals surface area contributed by atoms with E-state index in [1.54, 1.807) is 31.2 Å². The maximum atomic E-state index is 13.2. The highest BCUT2D eigenvalue weighted by Gasteiger charge is 2.37. The lowest BCUT2D eigenvalue weighted by atomic mass is 10.0. The van der Waals surface area contributed by atoms with E-state index in [9.17, 15) is 19.2 Å². The number of hydrogen-bond donors (Lipinski definition) is 1. The number of nitrogens with zero attached hydrogens (tertiary/aromatic N) is 1. The normalized spacial score (nSPS) is 14.8. The number of aryl methyl sites for hydroxylation is 2. The quantitative estimate of drug-likeness (QED) is 0.330. The van der Waals surface area contributed by atoms with E-state index in [2.05, 4.69) is 21.2 Å². The monoisotopic (exact) mass is 530 g/mol. The maximum Gasteiger partial charge on any atom is 0.344 e. The first kappa shape index (κ1) is 25.0. The van der Waals surface area contributed by atoms with Crippen LogP contribution in [0.5, 0.6) is 11.5 Å². The molecule has 2 aromatic rings. The van der Waals surface area contributed by atoms with E-state index < -0.39 is 23.8 Å². The highest BCUT2D eigenvalue weighted by molar-refractivity contribution is 9.10. The van der Waals surface area contributed by atoms with Crippen LogP contribution in [0.2, 0.25) is 0 Å². The second-order valence-corrected chi connectivity index (χ2v) is 8.20. The first-order valence-electron chi connectivity index (χ1n) is 10.3. The van der Waals surface area contributed by atoms with E-state index in [0.29, 0.717) is 15.7 Å². The SMILES string of the molecule is CCOC(=O)COc1cc(Br)c(/C=C2\C(=O)NC(=O)N(c3ccc(C)c(C)c3)C2=O)cc1OC. The van der Waals surface area contributed by atoms with E-state index >= 15 is 0 Å². The predicted molar refractivity (Wildman–Crippen MR) is 128 cm³/mol. The Morgan fingerprint density at radius 2 is 1.82 bits per heavy atom. The number of amides is 4. The van der Waals surface area contributed by atoms with Crippen LogP contribution < -0.4 is 19.7 Å². The zero-order chi connectivity index (χ0) is 25.0. The third kappa shape index (κ3) is 5.28. The molecule has 0 spiro atoms. The molecular formula is C24H23BrN2O7. The van der Waals surface area contributed by atoms with Crippen molar-refractivity contribution in [2.24, 2.45) is 0 Å². The molecule has 0 atom stereocenters. The summed E-state index contributed by atoms with van der Waals surface area (Å²) in [5.41, 5.74) is 2.44. The van der Waals surface area contributed by atoms with Gasteiger partial charge in [0.05, 0.1) is 19.4 Å². The summed E-state index contributed by atoms with van der Waals surface area (Å²) in [4.78, 5) is 50.7. The fourth-order valence-electron chi connectivity index (χ4n) is 3.19. The molecule has 1 aliphatic rings. The molecule has 1 aliphatic heterocycles. The number of anilines is 1. The molecule has 1 N–H and O–H groups in total. The van der Waals surface area contributed by atoms with Crippen LogP contribution in [0.15, 0.2) is 40.4 Å². The number of barbiturate groups is 1. The lowest BCUT2D eigenvalue weighted by Crippen LogP contribution is -2.54. The molecule has 2 aromatic carbocycles. The van der Waals surface area contributed by atoms with Crippen molar-refractivity contribution in [1.82, 2.24) is 5.32 Å². The van der Waals surface area contributed by atoms with E-state index in [1.165, 1.54) is 19.3 Å². The molecule has 0 aliphatic carbocycles. The summed E-state index contributed by atoms with van der Waals surface area (Å²) in [7, 11) is 1.41. The average Bonchev–Trinajstić information content (AvgIpc) is 2.78. The van der Waals surface area contributed by atoms with Crippen LogP contribution in [0.25, 0.3) is 6.08 Å². The van der Waals surface area contributed by atoms with Gasteiger partial charge in [0.25, 0.3) is 11.8 Å². The summed E-state index contributed by atoms with van der Waals surface area (Å²) in [6, 6.07) is 7.39. The van der Waals surface area contributed by atoms with Gasteiger partial charge >= 0.3 is 12.0 Å². The number of carbonyl (C=O) groups is 4. The Kier molecular flexibility index (Phi) is 7.72. The van der Waals surface area contributed by atoms with Gasteiger partial charge in [-0.05, 0) is 67.8 Å². The molecule has 178 valence electrons. The summed E-state index contributed by atoms with van der Waals surface area (Å²) in [5, 5.41) is 2.20. The van der Waals surface area contributed by atoms with Crippen molar-refractivity contribution in [2.75, 3.05) is 25.2 Å². The number of halogens is 1. The van der Waals surface area contributed by atoms with Gasteiger partial charge in [0.2, 0.25) is 0 Å². The van der Waals surface area contributed by atoms with Crippen molar-refractivity contribution in [2.45, 2.75) is 20.8 Å². The minimum absolute atomic E-state index is 0.229. The predicted octanol–water partition coefficient (Wildman–Crippen LogP) is 3.68. The van der Waals surface area contributed by atoms with Gasteiger partial charge < -0.3 is 14.2 Å². The number of nitrogens with one attached hydrogen (secondary N) is 1. The number of benzene rings is 2. The van der Waals surface area contributed by atoms with E-state index in [4.69, 9.17) is 14.2 Å². The Morgan fingerprint density at radius 3 is 2.47 bits per heavy atom. The number of hydrogen-bond acceptors (Lipinski definition) is 7. The van der Waals surface area contributed by atoms with Gasteiger partial charge in [0.15, 0.2) is 18.1 Å². The van der Waals surface area contributed by atoms with Crippen molar-refractivity contribution in [1.29, 1.82) is 0 Å². The third-order valence-electron chi connectivity index (χ3n) is 5.08. The molecular weight excluding hydrogens is 508 g/mol. The summed E-state index contributed by atoms with van der Waals surface area (Å²) in [6.45, 7) is 5.38. The van der Waals surface area contributed by atoms with E-state index in [-0.39, 0.29) is 30.3 Å². The Hall–Kier alpha value is -3.66. The Bertz CT molecular complexity index is 1210. The van der Waals surface area contributed by atoms with Gasteiger partial charge in [-0.2, -0.15) is 0 Å². The second kappa shape index (κ2) is 10.5. The number of esters is 1. The Labute approximate surface area is 204 Å². The van der Waals surface area contributed by atoms with Gasteiger partial charge in [0, 0.05) is 4.47 Å². The minimum atomic E-state index is -0.824. The van der Waals surface area contributed by atoms with Crippen molar-refractivity contribution >= 4 is 51.5 Å². The minimum Gasteiger partial charge on any atom is -0.493 e. The van der Waals surface area contributed by atoms with Gasteiger partial charge in [-0.3, -0.25) is 14.9 Å². The largest absolute Gasteiger partial charge is 0.493 e. The van der Waals surface area contributed by atoms with Crippen molar-refractivity contribution in [3.8, 4) is 11.5 Å². The molecule has 9 nitrogen and oxygen atoms in total. The zero-order valence-electron chi connectivity index (χ0n) is 19.1. The number of imide groups is 2. The van der Waals surface area contributed by atoms with E-state index in [1.807, 2.05) is 13.8 Å². The fraction of sp³-hybridized carbons (Fsp3) is 0.250. The van der Waals surface area contributed by atoms with Crippen LogP contribution >= 0.6 is 15.9 Å². The summed E-state index contributed by atoms with van der Waals surface area (Å²) < 4.78 is 16.1. The molecule has 0 aromatic heterocycles. The first-order chi connectivity index (χ1) is 16.2. The van der Waals surface area contributed by atoms with Crippen LogP contribution in [0.4, 0.5) is 10.5 Å². The van der Waals surface area contributed by atoms with Crippen LogP contribution in [-0.2, 0) is 19.1 Å². The molecule has 3 rings (SSSR count). The number of ether oxygens (including phenoxy) is 3. The van der Waals surface area contributed by atoms with Crippen molar-refractivity contribution in [3.05, 3.63) is 57.1 Å². The lowest BCUT2D eigenvalue weighted by Gasteiger charge is -2.27. The molecule has 0 unspecified atom stereocenters. The number of carbonyl (C=O) groups excluding carboxylic acids is 4. The standard InChI is InChI=1S/C24H23BrN2O7/c1-5-33-21(28)12-34-20-11-18(25)15(10-19(20)32-4)9-17-22(29)26-24(31)27(23(17)30)16-7-6-13(2)14(3)8-16/h6-11H,5,12H2,1-4H3,(H,26,29,31)/b17-9+. The molecule has 0 bridgehead atoms. The van der Waals surface area contributed by atoms with Gasteiger partial charge in [-0.1, -0.05) is 22.0 Å². The molecule has 0 saturated carbocycles. The zero-order valence-corrected chi connectivity index (χ0v) is 20.6. The summed E-state index contributed by atoms with van der Waals surface area (Å²) in [5.74, 6) is -1.58. The van der Waals surface area contributed by atoms with Crippen molar-refractivity contribution < 1.29 is 33.4 Å². The summed E-state index contributed by atoms with van der Waals surface area (Å²) in [6.07, 6.45) is 1.35. The number of methoxy groups -OCH3 is 1. The highest BCUT2D eigenvalue weighted by atomic mass is 79.9.